The molecular formula is C28H27F3N6O4S. The van der Waals surface area contributed by atoms with Crippen LogP contribution >= 0.6 is 0 Å². The lowest BCUT2D eigenvalue weighted by molar-refractivity contribution is -0.233. The van der Waals surface area contributed by atoms with Crippen LogP contribution < -0.4 is 10.2 Å². The van der Waals surface area contributed by atoms with E-state index in [0.717, 1.165) is 11.6 Å². The summed E-state index contributed by atoms with van der Waals surface area (Å²) in [5.74, 6) is -0.122. The molecule has 1 amide bonds. The molecule has 0 saturated carbocycles. The number of hydrogen-bond donors (Lipinski definition) is 1. The van der Waals surface area contributed by atoms with Gasteiger partial charge in [0.1, 0.15) is 5.82 Å². The summed E-state index contributed by atoms with van der Waals surface area (Å²) in [6.45, 7) is 3.11. The molecule has 1 saturated heterocycles. The number of nitrogens with zero attached hydrogens (tertiary/aromatic N) is 5. The van der Waals surface area contributed by atoms with Crippen LogP contribution in [-0.2, 0) is 21.1 Å². The van der Waals surface area contributed by atoms with Crippen molar-refractivity contribution < 1.29 is 31.1 Å². The molecule has 0 aromatic carbocycles. The Morgan fingerprint density at radius 1 is 1.07 bits per heavy atom. The van der Waals surface area contributed by atoms with Gasteiger partial charge >= 0.3 is 6.18 Å². The fourth-order valence-corrected chi connectivity index (χ4v) is 5.57. The van der Waals surface area contributed by atoms with Crippen molar-refractivity contribution in [3.8, 4) is 11.4 Å². The molecule has 0 unspecified atom stereocenters. The van der Waals surface area contributed by atoms with Gasteiger partial charge in [-0.15, -0.1) is 0 Å². The standard InChI is InChI=1S/C28H27F3N6O4S/c1-16-14-37(15-25(41-16)28(29,30)31)26-6-4-5-21(36-26)22-8-7-18-11-33-20(10-23(18)35-22)13-34-27(38)19-9-24(42(3,39)40)17(2)32-12-19/h4-12,16,25H,13-15H2,1-3H3,(H,34,38)/t16-,25-/m0/s1. The van der Waals surface area contributed by atoms with Gasteiger partial charge in [0.15, 0.2) is 15.9 Å². The lowest BCUT2D eigenvalue weighted by Crippen LogP contribution is -2.52. The van der Waals surface area contributed by atoms with Crippen LogP contribution in [-0.4, -0.2) is 72.0 Å². The van der Waals surface area contributed by atoms with Crippen molar-refractivity contribution in [2.24, 2.45) is 0 Å². The van der Waals surface area contributed by atoms with E-state index in [9.17, 15) is 26.4 Å². The molecule has 1 N–H and O–H groups in total. The maximum atomic E-state index is 13.4. The Morgan fingerprint density at radius 3 is 2.57 bits per heavy atom. The van der Waals surface area contributed by atoms with Gasteiger partial charge in [0.05, 0.1) is 57.9 Å². The van der Waals surface area contributed by atoms with Crippen molar-refractivity contribution in [2.75, 3.05) is 24.2 Å². The summed E-state index contributed by atoms with van der Waals surface area (Å²) in [6, 6.07) is 11.7. The normalized spacial score (nSPS) is 17.8. The molecule has 5 heterocycles. The number of pyridine rings is 4. The number of carbonyl (C=O) groups is 1. The molecule has 0 radical (unpaired) electrons. The number of halogens is 3. The lowest BCUT2D eigenvalue weighted by atomic mass is 10.1. The maximum Gasteiger partial charge on any atom is 0.416 e. The Kier molecular flexibility index (Phi) is 7.86. The first-order valence-electron chi connectivity index (χ1n) is 12.9. The van der Waals surface area contributed by atoms with Gasteiger partial charge in [0.2, 0.25) is 0 Å². The van der Waals surface area contributed by atoms with Crippen LogP contribution in [0.15, 0.2) is 59.8 Å². The summed E-state index contributed by atoms with van der Waals surface area (Å²) in [5.41, 5.74) is 2.48. The van der Waals surface area contributed by atoms with Crippen LogP contribution in [0.1, 0.15) is 28.7 Å². The van der Waals surface area contributed by atoms with Gasteiger partial charge in [-0.25, -0.2) is 18.4 Å². The molecule has 4 aromatic rings. The number of hydrogen-bond acceptors (Lipinski definition) is 9. The van der Waals surface area contributed by atoms with E-state index in [-0.39, 0.29) is 30.1 Å². The van der Waals surface area contributed by atoms with Crippen molar-refractivity contribution in [2.45, 2.75) is 43.7 Å². The Bertz CT molecular complexity index is 1770. The smallest absolute Gasteiger partial charge is 0.362 e. The summed E-state index contributed by atoms with van der Waals surface area (Å²) in [4.78, 5) is 31.9. The van der Waals surface area contributed by atoms with Crippen LogP contribution in [0.5, 0.6) is 0 Å². The number of aryl methyl sites for hydroxylation is 1. The largest absolute Gasteiger partial charge is 0.416 e. The fourth-order valence-electron chi connectivity index (χ4n) is 4.64. The van der Waals surface area contributed by atoms with Gasteiger partial charge < -0.3 is 15.0 Å². The summed E-state index contributed by atoms with van der Waals surface area (Å²) in [6.07, 6.45) is -3.03. The summed E-state index contributed by atoms with van der Waals surface area (Å²) < 4.78 is 69.1. The fraction of sp³-hybridized carbons (Fsp3) is 0.321. The second-order valence-corrected chi connectivity index (χ2v) is 12.1. The van der Waals surface area contributed by atoms with Crippen molar-refractivity contribution >= 4 is 32.5 Å². The number of rotatable bonds is 6. The third-order valence-corrected chi connectivity index (χ3v) is 7.92. The molecule has 1 aliphatic heterocycles. The van der Waals surface area contributed by atoms with Crippen molar-refractivity contribution in [1.82, 2.24) is 25.3 Å². The highest BCUT2D eigenvalue weighted by Gasteiger charge is 2.45. The van der Waals surface area contributed by atoms with Gasteiger partial charge in [-0.1, -0.05) is 6.07 Å². The maximum absolute atomic E-state index is 13.4. The number of sulfone groups is 1. The summed E-state index contributed by atoms with van der Waals surface area (Å²) in [7, 11) is -3.55. The Morgan fingerprint density at radius 2 is 1.83 bits per heavy atom. The average Bonchev–Trinajstić information content (AvgIpc) is 2.94. The third kappa shape index (κ3) is 6.49. The molecule has 1 fully saturated rings. The number of ether oxygens (including phenoxy) is 1. The molecule has 42 heavy (non-hydrogen) atoms. The Labute approximate surface area is 239 Å². The van der Waals surface area contributed by atoms with Gasteiger partial charge in [0, 0.05) is 30.6 Å². The van der Waals surface area contributed by atoms with Crippen LogP contribution in [0.3, 0.4) is 0 Å². The van der Waals surface area contributed by atoms with E-state index in [4.69, 9.17) is 4.74 Å². The van der Waals surface area contributed by atoms with E-state index in [0.29, 0.717) is 34.1 Å². The minimum absolute atomic E-state index is 0.0170. The highest BCUT2D eigenvalue weighted by Crippen LogP contribution is 2.30. The van der Waals surface area contributed by atoms with Crippen LogP contribution in [0, 0.1) is 6.92 Å². The Balaban J connectivity index is 1.34. The van der Waals surface area contributed by atoms with E-state index in [1.165, 1.54) is 12.3 Å². The van der Waals surface area contributed by atoms with Gasteiger partial charge in [-0.05, 0) is 50.2 Å². The lowest BCUT2D eigenvalue weighted by Gasteiger charge is -2.38. The summed E-state index contributed by atoms with van der Waals surface area (Å²) in [5, 5.41) is 3.45. The van der Waals surface area contributed by atoms with Gasteiger partial charge in [-0.3, -0.25) is 14.8 Å². The molecule has 1 aliphatic rings. The van der Waals surface area contributed by atoms with Crippen LogP contribution in [0.4, 0.5) is 19.0 Å². The molecular weight excluding hydrogens is 573 g/mol. The van der Waals surface area contributed by atoms with Crippen molar-refractivity contribution in [1.29, 1.82) is 0 Å². The molecule has 0 spiro atoms. The van der Waals surface area contributed by atoms with Crippen molar-refractivity contribution in [3.63, 3.8) is 0 Å². The first-order chi connectivity index (χ1) is 19.8. The minimum Gasteiger partial charge on any atom is -0.362 e. The first kappa shape index (κ1) is 29.3. The summed E-state index contributed by atoms with van der Waals surface area (Å²) >= 11 is 0. The highest BCUT2D eigenvalue weighted by molar-refractivity contribution is 7.90. The molecule has 0 aliphatic carbocycles. The molecule has 0 bridgehead atoms. The topological polar surface area (TPSA) is 127 Å². The number of aromatic nitrogens is 4. The Hall–Kier alpha value is -4.17. The molecule has 5 rings (SSSR count). The molecule has 2 atom stereocenters. The van der Waals surface area contributed by atoms with Gasteiger partial charge in [-0.2, -0.15) is 13.2 Å². The van der Waals surface area contributed by atoms with E-state index >= 15 is 0 Å². The predicted molar refractivity (Wildman–Crippen MR) is 149 cm³/mol. The molecule has 220 valence electrons. The first-order valence-corrected chi connectivity index (χ1v) is 14.8. The van der Waals surface area contributed by atoms with Crippen LogP contribution in [0.2, 0.25) is 0 Å². The average molecular weight is 601 g/mol. The second-order valence-electron chi connectivity index (χ2n) is 10.1. The monoisotopic (exact) mass is 600 g/mol. The number of carbonyl (C=O) groups excluding carboxylic acids is 1. The van der Waals surface area contributed by atoms with E-state index in [2.05, 4.69) is 25.3 Å². The number of fused-ring (bicyclic) bond motifs is 1. The highest BCUT2D eigenvalue weighted by atomic mass is 32.2. The van der Waals surface area contributed by atoms with Crippen molar-refractivity contribution in [3.05, 3.63) is 71.8 Å². The van der Waals surface area contributed by atoms with Gasteiger partial charge in [0.25, 0.3) is 5.91 Å². The molecule has 4 aromatic heterocycles. The molecule has 14 heteroatoms. The SMILES string of the molecule is Cc1ncc(C(=O)NCc2cc3nc(-c4cccc(N5C[C@@H](C(F)(F)F)O[C@@H](C)C5)n4)ccc3cn2)cc1S(C)(=O)=O. The van der Waals surface area contributed by atoms with E-state index in [1.54, 1.807) is 55.3 Å². The number of nitrogens with one attached hydrogen (secondary N) is 1. The quantitative estimate of drug-likeness (QED) is 0.351. The molecule has 10 nitrogen and oxygen atoms in total. The number of anilines is 1. The zero-order chi connectivity index (χ0) is 30.2. The predicted octanol–water partition coefficient (Wildman–Crippen LogP) is 3.88. The second kappa shape index (κ2) is 11.2. The number of amides is 1. The third-order valence-electron chi connectivity index (χ3n) is 6.71. The van der Waals surface area contributed by atoms with E-state index in [1.807, 2.05) is 6.07 Å². The number of alkyl halides is 3. The zero-order valence-corrected chi connectivity index (χ0v) is 23.7. The van der Waals surface area contributed by atoms with Crippen LogP contribution in [0.25, 0.3) is 22.3 Å². The number of morpholine rings is 1. The minimum atomic E-state index is -4.48. The van der Waals surface area contributed by atoms with E-state index < -0.39 is 34.1 Å². The zero-order valence-electron chi connectivity index (χ0n) is 22.9.